The van der Waals surface area contributed by atoms with E-state index in [4.69, 9.17) is 0 Å². The normalized spacial score (nSPS) is 11.3. The van der Waals surface area contributed by atoms with Gasteiger partial charge in [0.15, 0.2) is 0 Å². The van der Waals surface area contributed by atoms with Gasteiger partial charge >= 0.3 is 19.5 Å². The Morgan fingerprint density at radius 3 is 0.730 bits per heavy atom. The van der Waals surface area contributed by atoms with Crippen LogP contribution in [-0.4, -0.2) is 17.9 Å². The van der Waals surface area contributed by atoms with Crippen molar-refractivity contribution in [1.29, 1.82) is 0 Å². The molecule has 0 N–H and O–H groups in total. The molecule has 0 atom stereocenters. The predicted molar refractivity (Wildman–Crippen MR) is 143 cm³/mol. The van der Waals surface area contributed by atoms with Crippen molar-refractivity contribution in [1.82, 2.24) is 0 Å². The molecule has 0 aromatic carbocycles. The molecule has 0 aromatic heterocycles. The number of unbranched alkanes of at least 4 members (excludes halogenated alkanes) is 6. The Morgan fingerprint density at radius 2 is 0.595 bits per heavy atom. The third-order valence-corrected chi connectivity index (χ3v) is 5.42. The summed E-state index contributed by atoms with van der Waals surface area (Å²) in [4.78, 5) is 30.1. The standard InChI is InChI=1S/3C10H20O2.Ru/c3*1-10(2,3)8-6-4-5-7-9(11)12;/h3*4-8H2,1-3H3,(H,11,12);/q;;;+3/p-3. The maximum atomic E-state index is 10.0. The molecule has 0 aromatic rings. The van der Waals surface area contributed by atoms with Crippen LogP contribution in [0.2, 0.25) is 0 Å². The Kier molecular flexibility index (Phi) is 28.1. The van der Waals surface area contributed by atoms with Gasteiger partial charge in [-0.15, -0.1) is 0 Å². The molecule has 0 aliphatic carbocycles. The quantitative estimate of drug-likeness (QED) is 0.185. The molecule has 0 saturated carbocycles. The van der Waals surface area contributed by atoms with E-state index in [9.17, 15) is 29.7 Å². The van der Waals surface area contributed by atoms with Gasteiger partial charge in [0.05, 0.1) is 0 Å². The summed E-state index contributed by atoms with van der Waals surface area (Å²) < 4.78 is 0. The Labute approximate surface area is 241 Å². The summed E-state index contributed by atoms with van der Waals surface area (Å²) in [6, 6.07) is 0. The van der Waals surface area contributed by atoms with Crippen molar-refractivity contribution in [2.75, 3.05) is 0 Å². The van der Waals surface area contributed by atoms with Crippen LogP contribution in [0.1, 0.15) is 159 Å². The number of carbonyl (C=O) groups is 3. The zero-order valence-electron chi connectivity index (χ0n) is 25.4. The Morgan fingerprint density at radius 1 is 0.405 bits per heavy atom. The molecule has 0 aliphatic heterocycles. The molecule has 0 bridgehead atoms. The van der Waals surface area contributed by atoms with Gasteiger partial charge in [-0.05, 0) is 74.0 Å². The minimum absolute atomic E-state index is 0. The van der Waals surface area contributed by atoms with Gasteiger partial charge < -0.3 is 29.7 Å². The number of hydrogen-bond acceptors (Lipinski definition) is 6. The number of carbonyl (C=O) groups excluding carboxylic acids is 3. The van der Waals surface area contributed by atoms with E-state index in [1.54, 1.807) is 0 Å². The molecule has 7 heteroatoms. The van der Waals surface area contributed by atoms with Crippen LogP contribution in [0.3, 0.4) is 0 Å². The van der Waals surface area contributed by atoms with E-state index in [2.05, 4.69) is 62.3 Å². The third kappa shape index (κ3) is 56.4. The van der Waals surface area contributed by atoms with E-state index < -0.39 is 17.9 Å². The molecular formula is C30H57O6Ru. The molecule has 0 fully saturated rings. The Bertz CT molecular complexity index is 487. The van der Waals surface area contributed by atoms with Crippen LogP contribution in [0.25, 0.3) is 0 Å². The van der Waals surface area contributed by atoms with Crippen LogP contribution in [0, 0.1) is 16.2 Å². The fourth-order valence-electron chi connectivity index (χ4n) is 3.30. The van der Waals surface area contributed by atoms with Gasteiger partial charge in [-0.2, -0.15) is 0 Å². The smallest absolute Gasteiger partial charge is 0.550 e. The molecule has 0 rings (SSSR count). The topological polar surface area (TPSA) is 120 Å². The van der Waals surface area contributed by atoms with E-state index in [0.717, 1.165) is 57.8 Å². The number of hydrogen-bond donors (Lipinski definition) is 0. The van der Waals surface area contributed by atoms with Gasteiger partial charge in [-0.1, -0.05) is 101 Å². The summed E-state index contributed by atoms with van der Waals surface area (Å²) in [5.41, 5.74) is 1.13. The van der Waals surface area contributed by atoms with Crippen molar-refractivity contribution in [2.45, 2.75) is 159 Å². The molecule has 6 nitrogen and oxygen atoms in total. The average molecular weight is 615 g/mol. The van der Waals surface area contributed by atoms with Gasteiger partial charge in [-0.3, -0.25) is 0 Å². The van der Waals surface area contributed by atoms with Gasteiger partial charge in [0.1, 0.15) is 0 Å². The largest absolute Gasteiger partial charge is 3.00 e. The second-order valence-corrected chi connectivity index (χ2v) is 13.5. The van der Waals surface area contributed by atoms with Crippen LogP contribution < -0.4 is 15.3 Å². The summed E-state index contributed by atoms with van der Waals surface area (Å²) in [5, 5.41) is 30.1. The second kappa shape index (κ2) is 24.1. The Balaban J connectivity index is -0.000000218. The van der Waals surface area contributed by atoms with Crippen molar-refractivity contribution in [3.63, 3.8) is 0 Å². The Hall–Kier alpha value is -0.967. The summed E-state index contributed by atoms with van der Waals surface area (Å²) in [6.45, 7) is 19.8. The number of carboxylic acids is 3. The average Bonchev–Trinajstić information content (AvgIpc) is 2.65. The predicted octanol–water partition coefficient (Wildman–Crippen LogP) is 5.20. The van der Waals surface area contributed by atoms with E-state index in [1.165, 1.54) is 19.3 Å². The van der Waals surface area contributed by atoms with Gasteiger partial charge in [0.2, 0.25) is 0 Å². The first-order valence-electron chi connectivity index (χ1n) is 13.8. The number of aliphatic carboxylic acids is 3. The fourth-order valence-corrected chi connectivity index (χ4v) is 3.30. The van der Waals surface area contributed by atoms with E-state index in [1.807, 2.05) is 0 Å². The van der Waals surface area contributed by atoms with Crippen molar-refractivity contribution < 1.29 is 49.2 Å². The van der Waals surface area contributed by atoms with Crippen molar-refractivity contribution in [3.8, 4) is 0 Å². The molecular weight excluding hydrogens is 557 g/mol. The summed E-state index contributed by atoms with van der Waals surface area (Å²) in [6.07, 6.45) is 12.8. The van der Waals surface area contributed by atoms with Crippen LogP contribution >= 0.6 is 0 Å². The molecule has 37 heavy (non-hydrogen) atoms. The van der Waals surface area contributed by atoms with Crippen molar-refractivity contribution in [3.05, 3.63) is 0 Å². The molecule has 221 valence electrons. The first kappa shape index (κ1) is 43.1. The summed E-state index contributed by atoms with van der Waals surface area (Å²) in [7, 11) is 0. The minimum atomic E-state index is -0.925. The second-order valence-electron chi connectivity index (χ2n) is 13.5. The van der Waals surface area contributed by atoms with E-state index >= 15 is 0 Å². The first-order valence-corrected chi connectivity index (χ1v) is 13.8. The molecule has 0 unspecified atom stereocenters. The minimum Gasteiger partial charge on any atom is -0.550 e. The summed E-state index contributed by atoms with van der Waals surface area (Å²) in [5.74, 6) is -2.78. The number of rotatable bonds is 15. The maximum absolute atomic E-state index is 10.0. The molecule has 1 radical (unpaired) electrons. The van der Waals surface area contributed by atoms with Gasteiger partial charge in [0.25, 0.3) is 0 Å². The first-order chi connectivity index (χ1) is 16.2. The monoisotopic (exact) mass is 615 g/mol. The van der Waals surface area contributed by atoms with Crippen molar-refractivity contribution >= 4 is 17.9 Å². The molecule has 0 aliphatic rings. The molecule has 0 saturated heterocycles. The number of carboxylic acid groups (broad SMARTS) is 3. The van der Waals surface area contributed by atoms with Crippen molar-refractivity contribution in [2.24, 2.45) is 16.2 Å². The fraction of sp³-hybridized carbons (Fsp3) is 0.900. The zero-order valence-corrected chi connectivity index (χ0v) is 27.1. The van der Waals surface area contributed by atoms with Gasteiger partial charge in [-0.25, -0.2) is 0 Å². The molecule has 0 spiro atoms. The summed E-state index contributed by atoms with van der Waals surface area (Å²) >= 11 is 0. The maximum Gasteiger partial charge on any atom is 3.00 e. The molecule has 0 amide bonds. The van der Waals surface area contributed by atoms with E-state index in [-0.39, 0.29) is 38.7 Å². The SMILES string of the molecule is CC(C)(C)CCCCCC(=O)[O-].CC(C)(C)CCCCCC(=O)[O-].CC(C)(C)CCCCCC(=O)[O-].[Ru+3]. The van der Waals surface area contributed by atoms with Gasteiger partial charge in [0, 0.05) is 17.9 Å². The molecule has 0 heterocycles. The van der Waals surface area contributed by atoms with Crippen LogP contribution in [0.15, 0.2) is 0 Å². The van der Waals surface area contributed by atoms with E-state index in [0.29, 0.717) is 16.2 Å². The zero-order chi connectivity index (χ0) is 28.8. The van der Waals surface area contributed by atoms with Crippen LogP contribution in [-0.2, 0) is 33.9 Å². The van der Waals surface area contributed by atoms with Crippen LogP contribution in [0.4, 0.5) is 0 Å². The van der Waals surface area contributed by atoms with Crippen LogP contribution in [0.5, 0.6) is 0 Å². The third-order valence-electron chi connectivity index (χ3n) is 5.42.